The van der Waals surface area contributed by atoms with Gasteiger partial charge < -0.3 is 14.2 Å². The molecular weight excluding hydrogens is 392 g/mol. The standard InChI is InChI=1S/C26H20O5/c1-2-3-13-29-18-11-9-17(10-12-18)24-20-15-21-19(14-22(20)31-26(24)28)23(25(27)30-21)16-7-5-4-6-8-16/h4-12,14-15H,2-3,13H2,1H3. The minimum atomic E-state index is -0.425. The van der Waals surface area contributed by atoms with E-state index < -0.39 is 11.9 Å². The van der Waals surface area contributed by atoms with Crippen molar-refractivity contribution in [2.75, 3.05) is 6.61 Å². The first-order valence-electron chi connectivity index (χ1n) is 10.3. The SMILES string of the molecule is CCCCOc1ccc(C2=c3cc4c(cc3OC2=O)=C(c2ccccc2)C(=O)O4)cc1. The lowest BCUT2D eigenvalue weighted by Gasteiger charge is -2.06. The maximum Gasteiger partial charge on any atom is 0.344 e. The molecule has 2 aliphatic heterocycles. The molecule has 0 fully saturated rings. The molecular formula is C26H20O5. The summed E-state index contributed by atoms with van der Waals surface area (Å²) in [7, 11) is 0. The molecule has 0 aliphatic carbocycles. The van der Waals surface area contributed by atoms with Crippen LogP contribution in [0, 0.1) is 0 Å². The first kappa shape index (κ1) is 19.1. The minimum absolute atomic E-state index is 0.411. The summed E-state index contributed by atoms with van der Waals surface area (Å²) in [6, 6.07) is 20.1. The van der Waals surface area contributed by atoms with Crippen molar-refractivity contribution in [3.63, 3.8) is 0 Å². The molecule has 0 N–H and O–H groups in total. The number of benzene rings is 3. The number of ether oxygens (including phenoxy) is 3. The second-order valence-electron chi connectivity index (χ2n) is 7.47. The van der Waals surface area contributed by atoms with Gasteiger partial charge in [0.1, 0.15) is 17.2 Å². The van der Waals surface area contributed by atoms with E-state index in [-0.39, 0.29) is 0 Å². The fourth-order valence-corrected chi connectivity index (χ4v) is 3.84. The Kier molecular flexibility index (Phi) is 4.79. The van der Waals surface area contributed by atoms with Crippen molar-refractivity contribution in [1.82, 2.24) is 0 Å². The molecule has 5 nitrogen and oxygen atoms in total. The fourth-order valence-electron chi connectivity index (χ4n) is 3.84. The highest BCUT2D eigenvalue weighted by atomic mass is 16.5. The van der Waals surface area contributed by atoms with Crippen LogP contribution in [-0.2, 0) is 9.59 Å². The largest absolute Gasteiger partial charge is 0.494 e. The molecule has 2 aliphatic rings. The highest BCUT2D eigenvalue weighted by molar-refractivity contribution is 6.21. The predicted octanol–water partition coefficient (Wildman–Crippen LogP) is 3.10. The molecule has 5 heteroatoms. The van der Waals surface area contributed by atoms with Gasteiger partial charge in [0.05, 0.1) is 17.8 Å². The molecule has 0 spiro atoms. The van der Waals surface area contributed by atoms with Crippen molar-refractivity contribution in [3.05, 3.63) is 88.3 Å². The molecule has 0 atom stereocenters. The van der Waals surface area contributed by atoms with Gasteiger partial charge in [-0.3, -0.25) is 0 Å². The normalized spacial score (nSPS) is 14.2. The second kappa shape index (κ2) is 7.76. The van der Waals surface area contributed by atoms with E-state index in [4.69, 9.17) is 14.2 Å². The van der Waals surface area contributed by atoms with E-state index in [1.54, 1.807) is 12.1 Å². The van der Waals surface area contributed by atoms with Gasteiger partial charge in [-0.25, -0.2) is 9.59 Å². The third-order valence-corrected chi connectivity index (χ3v) is 5.41. The summed E-state index contributed by atoms with van der Waals surface area (Å²) in [4.78, 5) is 25.2. The topological polar surface area (TPSA) is 61.8 Å². The lowest BCUT2D eigenvalue weighted by atomic mass is 10.0. The molecule has 0 radical (unpaired) electrons. The Balaban J connectivity index is 1.59. The number of hydrogen-bond donors (Lipinski definition) is 0. The van der Waals surface area contributed by atoms with E-state index in [0.717, 1.165) is 29.7 Å². The molecule has 3 aromatic carbocycles. The molecule has 5 rings (SSSR count). The smallest absolute Gasteiger partial charge is 0.344 e. The van der Waals surface area contributed by atoms with Gasteiger partial charge in [-0.15, -0.1) is 0 Å². The quantitative estimate of drug-likeness (QED) is 0.354. The highest BCUT2D eigenvalue weighted by Gasteiger charge is 2.30. The zero-order chi connectivity index (χ0) is 21.4. The Bertz CT molecular complexity index is 1300. The number of esters is 2. The van der Waals surface area contributed by atoms with Crippen LogP contribution in [0.5, 0.6) is 17.2 Å². The summed E-state index contributed by atoms with van der Waals surface area (Å²) in [6.45, 7) is 2.77. The van der Waals surface area contributed by atoms with Gasteiger partial charge >= 0.3 is 11.9 Å². The Hall–Kier alpha value is -3.86. The first-order valence-corrected chi connectivity index (χ1v) is 10.3. The van der Waals surface area contributed by atoms with Crippen molar-refractivity contribution in [1.29, 1.82) is 0 Å². The number of unbranched alkanes of at least 4 members (excludes halogenated alkanes) is 1. The van der Waals surface area contributed by atoms with Gasteiger partial charge in [0.2, 0.25) is 0 Å². The van der Waals surface area contributed by atoms with Gasteiger partial charge in [-0.1, -0.05) is 55.8 Å². The lowest BCUT2D eigenvalue weighted by Crippen LogP contribution is -2.11. The van der Waals surface area contributed by atoms with E-state index in [9.17, 15) is 9.59 Å². The van der Waals surface area contributed by atoms with E-state index in [0.29, 0.717) is 39.7 Å². The number of hydrogen-bond acceptors (Lipinski definition) is 5. The van der Waals surface area contributed by atoms with Gasteiger partial charge in [-0.2, -0.15) is 0 Å². The van der Waals surface area contributed by atoms with Crippen molar-refractivity contribution in [2.45, 2.75) is 19.8 Å². The third-order valence-electron chi connectivity index (χ3n) is 5.41. The van der Waals surface area contributed by atoms with Crippen molar-refractivity contribution < 1.29 is 23.8 Å². The zero-order valence-electron chi connectivity index (χ0n) is 17.0. The number of fused-ring (bicyclic) bond motifs is 2. The Morgan fingerprint density at radius 1 is 0.742 bits per heavy atom. The van der Waals surface area contributed by atoms with Crippen molar-refractivity contribution >= 4 is 23.1 Å². The average molecular weight is 412 g/mol. The van der Waals surface area contributed by atoms with Gasteiger partial charge in [0, 0.05) is 10.4 Å². The van der Waals surface area contributed by atoms with Crippen LogP contribution in [0.1, 0.15) is 30.9 Å². The van der Waals surface area contributed by atoms with Crippen LogP contribution in [0.25, 0.3) is 11.1 Å². The third kappa shape index (κ3) is 3.38. The Morgan fingerprint density at radius 3 is 1.84 bits per heavy atom. The van der Waals surface area contributed by atoms with Gasteiger partial charge in [0.25, 0.3) is 0 Å². The molecule has 154 valence electrons. The molecule has 0 amide bonds. The summed E-state index contributed by atoms with van der Waals surface area (Å²) in [6.07, 6.45) is 2.06. The summed E-state index contributed by atoms with van der Waals surface area (Å²) < 4.78 is 16.8. The number of carbonyl (C=O) groups is 2. The van der Waals surface area contributed by atoms with E-state index in [1.165, 1.54) is 0 Å². The highest BCUT2D eigenvalue weighted by Crippen LogP contribution is 2.27. The molecule has 2 heterocycles. The van der Waals surface area contributed by atoms with E-state index in [2.05, 4.69) is 6.92 Å². The summed E-state index contributed by atoms with van der Waals surface area (Å²) in [5, 5.41) is 1.24. The van der Waals surface area contributed by atoms with E-state index >= 15 is 0 Å². The van der Waals surface area contributed by atoms with Gasteiger partial charge in [-0.05, 0) is 41.8 Å². The maximum atomic E-state index is 12.7. The first-order chi connectivity index (χ1) is 15.2. The van der Waals surface area contributed by atoms with Crippen LogP contribution in [0.15, 0.2) is 66.7 Å². The van der Waals surface area contributed by atoms with Gasteiger partial charge in [0.15, 0.2) is 0 Å². The van der Waals surface area contributed by atoms with Crippen molar-refractivity contribution in [2.24, 2.45) is 0 Å². The molecule has 0 saturated heterocycles. The minimum Gasteiger partial charge on any atom is -0.494 e. The molecule has 0 unspecified atom stereocenters. The van der Waals surface area contributed by atoms with Crippen LogP contribution in [-0.4, -0.2) is 18.5 Å². The molecule has 31 heavy (non-hydrogen) atoms. The van der Waals surface area contributed by atoms with Crippen molar-refractivity contribution in [3.8, 4) is 17.2 Å². The van der Waals surface area contributed by atoms with Crippen LogP contribution in [0.4, 0.5) is 0 Å². The average Bonchev–Trinajstić information content (AvgIpc) is 3.27. The van der Waals surface area contributed by atoms with Crippen LogP contribution >= 0.6 is 0 Å². The monoisotopic (exact) mass is 412 g/mol. The van der Waals surface area contributed by atoms with E-state index in [1.807, 2.05) is 54.6 Å². The molecule has 0 aromatic heterocycles. The second-order valence-corrected chi connectivity index (χ2v) is 7.47. The Morgan fingerprint density at radius 2 is 1.29 bits per heavy atom. The number of carbonyl (C=O) groups excluding carboxylic acids is 2. The summed E-state index contributed by atoms with van der Waals surface area (Å²) >= 11 is 0. The zero-order valence-corrected chi connectivity index (χ0v) is 17.0. The molecule has 0 saturated carbocycles. The summed E-state index contributed by atoms with van der Waals surface area (Å²) in [5.74, 6) is 0.776. The van der Waals surface area contributed by atoms with Crippen LogP contribution in [0.3, 0.4) is 0 Å². The van der Waals surface area contributed by atoms with Crippen LogP contribution in [0.2, 0.25) is 0 Å². The fraction of sp³-hybridized carbons (Fsp3) is 0.154. The maximum absolute atomic E-state index is 12.7. The lowest BCUT2D eigenvalue weighted by molar-refractivity contribution is -0.128. The Labute approximate surface area is 179 Å². The van der Waals surface area contributed by atoms with Crippen LogP contribution < -0.4 is 24.6 Å². The molecule has 0 bridgehead atoms. The predicted molar refractivity (Wildman–Crippen MR) is 115 cm³/mol. The molecule has 3 aromatic rings. The summed E-state index contributed by atoms with van der Waals surface area (Å²) in [5.41, 5.74) is 2.40. The number of rotatable bonds is 6.